The van der Waals surface area contributed by atoms with Crippen LogP contribution in [0, 0.1) is 0 Å². The number of nitrogens with one attached hydrogen (secondary N) is 1. The lowest BCUT2D eigenvalue weighted by molar-refractivity contribution is 0.653. The van der Waals surface area contributed by atoms with E-state index in [1.165, 1.54) is 24.2 Å². The second-order valence-electron chi connectivity index (χ2n) is 4.61. The van der Waals surface area contributed by atoms with E-state index < -0.39 is 0 Å². The molecule has 0 spiro atoms. The van der Waals surface area contributed by atoms with E-state index in [-0.39, 0.29) is 0 Å². The number of hydrogen-bond acceptors (Lipinski definition) is 4. The summed E-state index contributed by atoms with van der Waals surface area (Å²) >= 11 is 3.53. The van der Waals surface area contributed by atoms with Crippen LogP contribution in [0.5, 0.6) is 0 Å². The molecule has 0 unspecified atom stereocenters. The molecule has 5 nitrogen and oxygen atoms in total. The van der Waals surface area contributed by atoms with Crippen LogP contribution in [-0.4, -0.2) is 26.1 Å². The average molecular weight is 322 g/mol. The molecule has 2 aromatic heterocycles. The maximum Gasteiger partial charge on any atom is 0.224 e. The Morgan fingerprint density at radius 2 is 2.16 bits per heavy atom. The number of imidazole rings is 1. The molecule has 0 fully saturated rings. The molecule has 0 radical (unpaired) electrons. The molecule has 2 aromatic rings. The second-order valence-corrected chi connectivity index (χ2v) is 5.46. The summed E-state index contributed by atoms with van der Waals surface area (Å²) in [5.74, 6) is 1.51. The van der Waals surface area contributed by atoms with Gasteiger partial charge in [0.2, 0.25) is 5.95 Å². The predicted octanol–water partition coefficient (Wildman–Crippen LogP) is 2.74. The fraction of sp³-hybridized carbons (Fsp3) is 0.462. The van der Waals surface area contributed by atoms with E-state index in [1.54, 1.807) is 6.20 Å². The zero-order valence-electron chi connectivity index (χ0n) is 10.9. The number of aryl methyl sites for hydroxylation is 1. The second kappa shape index (κ2) is 5.28. The lowest BCUT2D eigenvalue weighted by Gasteiger charge is -2.14. The number of hydrogen-bond donors (Lipinski definition) is 1. The van der Waals surface area contributed by atoms with E-state index in [9.17, 15) is 0 Å². The Labute approximate surface area is 120 Å². The molecular formula is C13H16BrN5. The van der Waals surface area contributed by atoms with Gasteiger partial charge in [-0.1, -0.05) is 0 Å². The zero-order chi connectivity index (χ0) is 13.2. The molecule has 100 valence electrons. The monoisotopic (exact) mass is 321 g/mol. The lowest BCUT2D eigenvalue weighted by atomic mass is 10.0. The number of aromatic nitrogens is 4. The van der Waals surface area contributed by atoms with E-state index >= 15 is 0 Å². The standard InChI is InChI=1S/C13H16BrN5/c1-2-15-13-16-7-9(14)12(18-13)19-8-17-10-5-3-4-6-11(10)19/h7-8H,2-6H2,1H3,(H,15,16,18). The smallest absolute Gasteiger partial charge is 0.224 e. The zero-order valence-corrected chi connectivity index (χ0v) is 12.4. The summed E-state index contributed by atoms with van der Waals surface area (Å²) in [5.41, 5.74) is 2.50. The van der Waals surface area contributed by atoms with Crippen LogP contribution in [0.3, 0.4) is 0 Å². The molecule has 0 aliphatic heterocycles. The molecule has 0 bridgehead atoms. The Hall–Kier alpha value is -1.43. The Morgan fingerprint density at radius 3 is 3.00 bits per heavy atom. The fourth-order valence-corrected chi connectivity index (χ4v) is 2.80. The van der Waals surface area contributed by atoms with Crippen molar-refractivity contribution in [2.75, 3.05) is 11.9 Å². The predicted molar refractivity (Wildman–Crippen MR) is 77.7 cm³/mol. The fourth-order valence-electron chi connectivity index (χ4n) is 2.42. The van der Waals surface area contributed by atoms with Crippen molar-refractivity contribution < 1.29 is 0 Å². The van der Waals surface area contributed by atoms with E-state index in [4.69, 9.17) is 0 Å². The molecule has 0 saturated carbocycles. The summed E-state index contributed by atoms with van der Waals surface area (Å²) in [5, 5.41) is 3.14. The molecular weight excluding hydrogens is 306 g/mol. The molecule has 0 saturated heterocycles. The van der Waals surface area contributed by atoms with Crippen LogP contribution in [0.2, 0.25) is 0 Å². The van der Waals surface area contributed by atoms with Gasteiger partial charge >= 0.3 is 0 Å². The Bertz CT molecular complexity index is 593. The highest BCUT2D eigenvalue weighted by molar-refractivity contribution is 9.10. The molecule has 0 amide bonds. The Morgan fingerprint density at radius 1 is 1.32 bits per heavy atom. The molecule has 3 rings (SSSR count). The number of halogens is 1. The van der Waals surface area contributed by atoms with Gasteiger partial charge in [-0.25, -0.2) is 9.97 Å². The molecule has 0 aromatic carbocycles. The van der Waals surface area contributed by atoms with Crippen molar-refractivity contribution in [3.05, 3.63) is 28.4 Å². The highest BCUT2D eigenvalue weighted by atomic mass is 79.9. The number of anilines is 1. The van der Waals surface area contributed by atoms with Crippen LogP contribution in [0.25, 0.3) is 5.82 Å². The minimum Gasteiger partial charge on any atom is -0.354 e. The van der Waals surface area contributed by atoms with Crippen LogP contribution >= 0.6 is 15.9 Å². The van der Waals surface area contributed by atoms with Gasteiger partial charge in [0.15, 0.2) is 5.82 Å². The summed E-state index contributed by atoms with van der Waals surface area (Å²) < 4.78 is 2.97. The highest BCUT2D eigenvalue weighted by Crippen LogP contribution is 2.26. The maximum atomic E-state index is 4.57. The Kier molecular flexibility index (Phi) is 3.50. The van der Waals surface area contributed by atoms with E-state index in [2.05, 4.69) is 40.8 Å². The van der Waals surface area contributed by atoms with Crippen LogP contribution in [-0.2, 0) is 12.8 Å². The molecule has 1 N–H and O–H groups in total. The highest BCUT2D eigenvalue weighted by Gasteiger charge is 2.18. The summed E-state index contributed by atoms with van der Waals surface area (Å²) in [6.45, 7) is 2.84. The van der Waals surface area contributed by atoms with Crippen molar-refractivity contribution in [3.8, 4) is 5.82 Å². The van der Waals surface area contributed by atoms with Gasteiger partial charge in [0.05, 0.1) is 10.2 Å². The summed E-state index contributed by atoms with van der Waals surface area (Å²) in [6.07, 6.45) is 8.26. The average Bonchev–Trinajstić information content (AvgIpc) is 2.85. The van der Waals surface area contributed by atoms with Gasteiger partial charge in [-0.2, -0.15) is 4.98 Å². The van der Waals surface area contributed by atoms with Crippen molar-refractivity contribution >= 4 is 21.9 Å². The molecule has 2 heterocycles. The third-order valence-corrected chi connectivity index (χ3v) is 3.88. The number of fused-ring (bicyclic) bond motifs is 1. The van der Waals surface area contributed by atoms with E-state index in [0.29, 0.717) is 5.95 Å². The van der Waals surface area contributed by atoms with Gasteiger partial charge in [-0.3, -0.25) is 4.57 Å². The van der Waals surface area contributed by atoms with E-state index in [1.807, 2.05) is 13.3 Å². The van der Waals surface area contributed by atoms with Crippen LogP contribution in [0.15, 0.2) is 17.0 Å². The molecule has 19 heavy (non-hydrogen) atoms. The van der Waals surface area contributed by atoms with Gasteiger partial charge < -0.3 is 5.32 Å². The van der Waals surface area contributed by atoms with Crippen molar-refractivity contribution in [1.29, 1.82) is 0 Å². The lowest BCUT2D eigenvalue weighted by Crippen LogP contribution is -2.10. The Balaban J connectivity index is 2.06. The molecule has 0 atom stereocenters. The van der Waals surface area contributed by atoms with Gasteiger partial charge in [-0.05, 0) is 48.5 Å². The van der Waals surface area contributed by atoms with Crippen LogP contribution in [0.4, 0.5) is 5.95 Å². The SMILES string of the molecule is CCNc1ncc(Br)c(-n2cnc3c2CCCC3)n1. The molecule has 6 heteroatoms. The normalized spacial score (nSPS) is 14.2. The van der Waals surface area contributed by atoms with Crippen molar-refractivity contribution in [3.63, 3.8) is 0 Å². The third-order valence-electron chi connectivity index (χ3n) is 3.32. The summed E-state index contributed by atoms with van der Waals surface area (Å²) in [6, 6.07) is 0. The quantitative estimate of drug-likeness (QED) is 0.944. The molecule has 1 aliphatic rings. The summed E-state index contributed by atoms with van der Waals surface area (Å²) in [4.78, 5) is 13.3. The first-order valence-electron chi connectivity index (χ1n) is 6.61. The van der Waals surface area contributed by atoms with Crippen molar-refractivity contribution in [1.82, 2.24) is 19.5 Å². The largest absolute Gasteiger partial charge is 0.354 e. The third kappa shape index (κ3) is 2.36. The summed E-state index contributed by atoms with van der Waals surface area (Å²) in [7, 11) is 0. The van der Waals surface area contributed by atoms with Gasteiger partial charge in [0.1, 0.15) is 6.33 Å². The number of rotatable bonds is 3. The first-order valence-corrected chi connectivity index (χ1v) is 7.40. The first-order chi connectivity index (χ1) is 9.29. The van der Waals surface area contributed by atoms with Crippen LogP contribution in [0.1, 0.15) is 31.2 Å². The minimum absolute atomic E-state index is 0.652. The van der Waals surface area contributed by atoms with Crippen molar-refractivity contribution in [2.45, 2.75) is 32.6 Å². The van der Waals surface area contributed by atoms with Gasteiger partial charge in [0, 0.05) is 18.4 Å². The number of nitrogens with zero attached hydrogens (tertiary/aromatic N) is 4. The maximum absolute atomic E-state index is 4.57. The first kappa shape index (κ1) is 12.6. The van der Waals surface area contributed by atoms with Gasteiger partial charge in [-0.15, -0.1) is 0 Å². The molecule has 1 aliphatic carbocycles. The van der Waals surface area contributed by atoms with Crippen LogP contribution < -0.4 is 5.32 Å². The van der Waals surface area contributed by atoms with Gasteiger partial charge in [0.25, 0.3) is 0 Å². The van der Waals surface area contributed by atoms with E-state index in [0.717, 1.165) is 29.7 Å². The minimum atomic E-state index is 0.652. The van der Waals surface area contributed by atoms with Crippen molar-refractivity contribution in [2.24, 2.45) is 0 Å². The topological polar surface area (TPSA) is 55.6 Å².